The Bertz CT molecular complexity index is 1370. The van der Waals surface area contributed by atoms with Gasteiger partial charge in [0.1, 0.15) is 0 Å². The highest BCUT2D eigenvalue weighted by Gasteiger charge is 2.39. The van der Waals surface area contributed by atoms with Crippen molar-refractivity contribution in [2.75, 3.05) is 13.2 Å². The van der Waals surface area contributed by atoms with Crippen LogP contribution in [0.4, 0.5) is 0 Å². The molecule has 0 saturated heterocycles. The molecule has 1 aromatic carbocycles. The molecule has 3 heterocycles. The average molecular weight is 556 g/mol. The van der Waals surface area contributed by atoms with Gasteiger partial charge in [-0.15, -0.1) is 0 Å². The molecule has 0 saturated carbocycles. The summed E-state index contributed by atoms with van der Waals surface area (Å²) >= 11 is 0. The van der Waals surface area contributed by atoms with Gasteiger partial charge in [-0.3, -0.25) is 9.97 Å². The van der Waals surface area contributed by atoms with E-state index in [1.165, 1.54) is 6.07 Å². The third-order valence-corrected chi connectivity index (χ3v) is 6.83. The number of rotatable bonds is 12. The Morgan fingerprint density at radius 2 is 1.29 bits per heavy atom. The normalized spacial score (nSPS) is 13.5. The van der Waals surface area contributed by atoms with Gasteiger partial charge in [-0.25, -0.2) is 14.4 Å². The van der Waals surface area contributed by atoms with Gasteiger partial charge in [0.25, 0.3) is 0 Å². The highest BCUT2D eigenvalue weighted by Crippen LogP contribution is 2.40. The minimum Gasteiger partial charge on any atom is -0.478 e. The second-order valence-corrected chi connectivity index (χ2v) is 9.73. The molecule has 1 aliphatic heterocycles. The Labute approximate surface area is 238 Å². The van der Waals surface area contributed by atoms with Gasteiger partial charge < -0.3 is 19.9 Å². The molecule has 9 nitrogen and oxygen atoms in total. The van der Waals surface area contributed by atoms with Crippen LogP contribution in [0.2, 0.25) is 0 Å². The first kappa shape index (κ1) is 29.2. The Morgan fingerprint density at radius 1 is 0.780 bits per heavy atom. The molecule has 0 amide bonds. The summed E-state index contributed by atoms with van der Waals surface area (Å²) in [7, 11) is 0. The smallest absolute Gasteiger partial charge is 0.336 e. The van der Waals surface area contributed by atoms with Crippen LogP contribution in [-0.4, -0.2) is 46.2 Å². The van der Waals surface area contributed by atoms with Crippen LogP contribution in [0.25, 0.3) is 0 Å². The number of aryl methyl sites for hydroxylation is 2. The van der Waals surface area contributed by atoms with Gasteiger partial charge in [-0.1, -0.05) is 30.3 Å². The molecule has 0 fully saturated rings. The lowest BCUT2D eigenvalue weighted by Gasteiger charge is -2.31. The second-order valence-electron chi connectivity index (χ2n) is 9.73. The SMILES string of the molecule is CC1=C(C(=O)OCCCc2cccnc2)C(c2ccccc2C(=O)O)C(C(=O)OCCCc2cccnc2)=C(C)N1. The number of hydrogen-bond acceptors (Lipinski definition) is 8. The molecule has 4 rings (SSSR count). The number of allylic oxidation sites excluding steroid dienone is 2. The Hall–Kier alpha value is -4.79. The number of aromatic nitrogens is 2. The third-order valence-electron chi connectivity index (χ3n) is 6.83. The quantitative estimate of drug-likeness (QED) is 0.240. The molecule has 3 aromatic rings. The predicted molar refractivity (Wildman–Crippen MR) is 152 cm³/mol. The molecule has 1 aliphatic rings. The minimum absolute atomic E-state index is 0.0104. The number of ether oxygens (including phenoxy) is 2. The molecule has 0 spiro atoms. The van der Waals surface area contributed by atoms with Crippen molar-refractivity contribution in [2.24, 2.45) is 0 Å². The lowest BCUT2D eigenvalue weighted by atomic mass is 9.78. The summed E-state index contributed by atoms with van der Waals surface area (Å²) in [4.78, 5) is 47.4. The van der Waals surface area contributed by atoms with Crippen LogP contribution >= 0.6 is 0 Å². The molecule has 0 aliphatic carbocycles. The topological polar surface area (TPSA) is 128 Å². The molecule has 0 radical (unpaired) electrons. The van der Waals surface area contributed by atoms with Crippen molar-refractivity contribution in [3.63, 3.8) is 0 Å². The van der Waals surface area contributed by atoms with Gasteiger partial charge in [-0.05, 0) is 74.4 Å². The first-order valence-corrected chi connectivity index (χ1v) is 13.5. The molecular weight excluding hydrogens is 522 g/mol. The summed E-state index contributed by atoms with van der Waals surface area (Å²) in [5.41, 5.74) is 3.67. The van der Waals surface area contributed by atoms with Crippen molar-refractivity contribution >= 4 is 17.9 Å². The number of carbonyl (C=O) groups excluding carboxylic acids is 2. The highest BCUT2D eigenvalue weighted by molar-refractivity contribution is 6.01. The van der Waals surface area contributed by atoms with Crippen molar-refractivity contribution in [1.82, 2.24) is 15.3 Å². The van der Waals surface area contributed by atoms with Crippen LogP contribution in [0.15, 0.2) is 95.9 Å². The fraction of sp³-hybridized carbons (Fsp3) is 0.281. The second kappa shape index (κ2) is 14.0. The largest absolute Gasteiger partial charge is 0.478 e. The maximum absolute atomic E-state index is 13.5. The number of carboxylic acid groups (broad SMARTS) is 1. The van der Waals surface area contributed by atoms with Crippen LogP contribution in [0.5, 0.6) is 0 Å². The van der Waals surface area contributed by atoms with Crippen molar-refractivity contribution in [2.45, 2.75) is 45.4 Å². The summed E-state index contributed by atoms with van der Waals surface area (Å²) < 4.78 is 11.3. The molecule has 9 heteroatoms. The van der Waals surface area contributed by atoms with E-state index in [1.807, 2.05) is 24.3 Å². The summed E-state index contributed by atoms with van der Waals surface area (Å²) in [5.74, 6) is -3.40. The van der Waals surface area contributed by atoms with Gasteiger partial charge in [0.05, 0.1) is 35.8 Å². The number of hydrogen-bond donors (Lipinski definition) is 2. The first-order valence-electron chi connectivity index (χ1n) is 13.5. The number of carboxylic acids is 1. The standard InChI is InChI=1S/C32H33N3O6/c1-21-27(31(38)40-17-7-11-23-9-5-15-33-19-23)29(25-13-3-4-14-26(25)30(36)37)28(22(2)35-21)32(39)41-18-8-12-24-10-6-16-34-20-24/h3-6,9-10,13-16,19-20,29,35H,7-8,11-12,17-18H2,1-2H3,(H,36,37). The fourth-order valence-electron chi connectivity index (χ4n) is 4.92. The van der Waals surface area contributed by atoms with Crippen molar-refractivity contribution in [3.05, 3.63) is 118 Å². The molecule has 41 heavy (non-hydrogen) atoms. The highest BCUT2D eigenvalue weighted by atomic mass is 16.5. The summed E-state index contributed by atoms with van der Waals surface area (Å²) in [5, 5.41) is 13.1. The minimum atomic E-state index is -1.16. The summed E-state index contributed by atoms with van der Waals surface area (Å²) in [6.07, 6.45) is 9.44. The average Bonchev–Trinajstić information content (AvgIpc) is 2.98. The molecular formula is C32H33N3O6. The number of nitrogens with one attached hydrogen (secondary N) is 1. The van der Waals surface area contributed by atoms with E-state index >= 15 is 0 Å². The Morgan fingerprint density at radius 3 is 1.76 bits per heavy atom. The van der Waals surface area contributed by atoms with Crippen LogP contribution < -0.4 is 5.32 Å². The fourth-order valence-corrected chi connectivity index (χ4v) is 4.92. The van der Waals surface area contributed by atoms with E-state index in [9.17, 15) is 19.5 Å². The van der Waals surface area contributed by atoms with Gasteiger partial charge in [0.15, 0.2) is 0 Å². The number of esters is 2. The molecule has 0 atom stereocenters. The first-order chi connectivity index (χ1) is 19.9. The number of nitrogens with zero attached hydrogens (tertiary/aromatic N) is 2. The van der Waals surface area contributed by atoms with Crippen molar-refractivity contribution < 1.29 is 29.0 Å². The molecule has 2 aromatic heterocycles. The number of aromatic carboxylic acids is 1. The molecule has 2 N–H and O–H groups in total. The van der Waals surface area contributed by atoms with E-state index in [4.69, 9.17) is 9.47 Å². The number of carbonyl (C=O) groups is 3. The number of benzene rings is 1. The maximum Gasteiger partial charge on any atom is 0.336 e. The monoisotopic (exact) mass is 555 g/mol. The zero-order valence-corrected chi connectivity index (χ0v) is 23.1. The molecule has 0 unspecified atom stereocenters. The zero-order valence-electron chi connectivity index (χ0n) is 23.1. The predicted octanol–water partition coefficient (Wildman–Crippen LogP) is 4.76. The number of dihydropyridines is 1. The van der Waals surface area contributed by atoms with E-state index in [0.29, 0.717) is 42.6 Å². The zero-order chi connectivity index (χ0) is 29.2. The Kier molecular flexibility index (Phi) is 9.99. The van der Waals surface area contributed by atoms with Crippen LogP contribution in [0.3, 0.4) is 0 Å². The van der Waals surface area contributed by atoms with Crippen LogP contribution in [0.1, 0.15) is 59.7 Å². The van der Waals surface area contributed by atoms with Crippen LogP contribution in [0, 0.1) is 0 Å². The van der Waals surface area contributed by atoms with Gasteiger partial charge in [0.2, 0.25) is 0 Å². The van der Waals surface area contributed by atoms with Gasteiger partial charge in [-0.2, -0.15) is 0 Å². The van der Waals surface area contributed by atoms with Gasteiger partial charge in [0, 0.05) is 36.2 Å². The van der Waals surface area contributed by atoms with E-state index in [1.54, 1.807) is 56.8 Å². The van der Waals surface area contributed by atoms with E-state index in [2.05, 4.69) is 15.3 Å². The van der Waals surface area contributed by atoms with Crippen molar-refractivity contribution in [3.8, 4) is 0 Å². The molecule has 0 bridgehead atoms. The lowest BCUT2D eigenvalue weighted by Crippen LogP contribution is -2.33. The van der Waals surface area contributed by atoms with E-state index < -0.39 is 23.8 Å². The van der Waals surface area contributed by atoms with E-state index in [0.717, 1.165) is 11.1 Å². The lowest BCUT2D eigenvalue weighted by molar-refractivity contribution is -0.140. The number of pyridine rings is 2. The maximum atomic E-state index is 13.5. The van der Waals surface area contributed by atoms with Crippen molar-refractivity contribution in [1.29, 1.82) is 0 Å². The van der Waals surface area contributed by atoms with Crippen LogP contribution in [-0.2, 0) is 31.9 Å². The van der Waals surface area contributed by atoms with Gasteiger partial charge >= 0.3 is 17.9 Å². The molecule has 212 valence electrons. The third kappa shape index (κ3) is 7.45. The Balaban J connectivity index is 1.55. The summed E-state index contributed by atoms with van der Waals surface area (Å²) in [6.45, 7) is 3.72. The summed E-state index contributed by atoms with van der Waals surface area (Å²) in [6, 6.07) is 14.0. The van der Waals surface area contributed by atoms with E-state index in [-0.39, 0.29) is 29.9 Å².